The van der Waals surface area contributed by atoms with Gasteiger partial charge in [-0.15, -0.1) is 0 Å². The summed E-state index contributed by atoms with van der Waals surface area (Å²) < 4.78 is 2.35. The molecule has 4 nitrogen and oxygen atoms in total. The molecule has 65 heavy (non-hydrogen) atoms. The highest BCUT2D eigenvalue weighted by Gasteiger charge is 2.21. The molecule has 12 rings (SSSR count). The molecule has 304 valence electrons. The minimum absolute atomic E-state index is 0.623. The summed E-state index contributed by atoms with van der Waals surface area (Å²) in [4.78, 5) is 4.71. The lowest BCUT2D eigenvalue weighted by molar-refractivity contribution is 1.18. The lowest BCUT2D eigenvalue weighted by atomic mass is 9.95. The summed E-state index contributed by atoms with van der Waals surface area (Å²) in [6.07, 6.45) is 0. The maximum absolute atomic E-state index is 9.77. The average molecular weight is 829 g/mol. The van der Waals surface area contributed by atoms with Gasteiger partial charge < -0.3 is 14.4 Å². The predicted molar refractivity (Wildman–Crippen MR) is 273 cm³/mol. The molecule has 0 spiro atoms. The van der Waals surface area contributed by atoms with Crippen molar-refractivity contribution in [1.29, 1.82) is 5.26 Å². The first-order chi connectivity index (χ1) is 32.2. The summed E-state index contributed by atoms with van der Waals surface area (Å²) in [5.74, 6) is 0. The lowest BCUT2D eigenvalue weighted by Crippen LogP contribution is -2.11. The van der Waals surface area contributed by atoms with Gasteiger partial charge in [-0.1, -0.05) is 146 Å². The molecule has 12 aromatic rings. The van der Waals surface area contributed by atoms with Crippen LogP contribution >= 0.6 is 0 Å². The van der Waals surface area contributed by atoms with Crippen LogP contribution in [0.3, 0.4) is 0 Å². The van der Waals surface area contributed by atoms with Crippen molar-refractivity contribution in [3.8, 4) is 22.9 Å². The van der Waals surface area contributed by atoms with E-state index in [1.165, 1.54) is 32.3 Å². The second kappa shape index (κ2) is 15.8. The number of hydrogen-bond donors (Lipinski definition) is 0. The Morgan fingerprint density at radius 2 is 0.892 bits per heavy atom. The lowest BCUT2D eigenvalue weighted by Gasteiger charge is -2.28. The maximum Gasteiger partial charge on any atom is 0.0991 e. The molecule has 4 heteroatoms. The van der Waals surface area contributed by atoms with E-state index in [9.17, 15) is 5.26 Å². The van der Waals surface area contributed by atoms with Crippen LogP contribution in [0.1, 0.15) is 5.56 Å². The van der Waals surface area contributed by atoms with Crippen molar-refractivity contribution in [1.82, 2.24) is 4.57 Å². The Balaban J connectivity index is 0.994. The molecule has 0 amide bonds. The third-order valence-corrected chi connectivity index (χ3v) is 12.8. The van der Waals surface area contributed by atoms with Crippen LogP contribution in [0.2, 0.25) is 0 Å². The molecule has 0 saturated carbocycles. The summed E-state index contributed by atoms with van der Waals surface area (Å²) in [6, 6.07) is 88.8. The van der Waals surface area contributed by atoms with E-state index >= 15 is 0 Å². The zero-order valence-electron chi connectivity index (χ0n) is 35.4. The molecule has 11 aromatic carbocycles. The first-order valence-electron chi connectivity index (χ1n) is 22.0. The average Bonchev–Trinajstić information content (AvgIpc) is 3.71. The number of aromatic nitrogens is 1. The van der Waals surface area contributed by atoms with Crippen LogP contribution in [0.4, 0.5) is 34.1 Å². The van der Waals surface area contributed by atoms with Crippen molar-refractivity contribution in [2.24, 2.45) is 0 Å². The van der Waals surface area contributed by atoms with Gasteiger partial charge in [0.05, 0.1) is 34.0 Å². The summed E-state index contributed by atoms with van der Waals surface area (Å²) in [7, 11) is 0. The van der Waals surface area contributed by atoms with Crippen LogP contribution in [0.25, 0.3) is 70.9 Å². The Hall–Kier alpha value is -8.91. The van der Waals surface area contributed by atoms with E-state index in [2.05, 4.69) is 251 Å². The van der Waals surface area contributed by atoms with E-state index in [0.29, 0.717) is 5.56 Å². The minimum Gasteiger partial charge on any atom is -0.310 e. The molecule has 0 fully saturated rings. The van der Waals surface area contributed by atoms with E-state index < -0.39 is 0 Å². The van der Waals surface area contributed by atoms with Crippen LogP contribution in [0.15, 0.2) is 243 Å². The molecule has 0 aliphatic heterocycles. The largest absolute Gasteiger partial charge is 0.310 e. The van der Waals surface area contributed by atoms with Gasteiger partial charge in [-0.25, -0.2) is 0 Å². The van der Waals surface area contributed by atoms with Crippen LogP contribution in [-0.4, -0.2) is 4.57 Å². The molecule has 0 bridgehead atoms. The standard InChI is InChI=1S/C61H40N4/c62-41-42-25-30-48(31-26-42)64(51-35-37-61-57(40-51)56-22-10-11-23-59(56)65(61)47-17-2-1-3-18-47)60-38-36-52(54-20-8-9-21-55(54)60)45-28-32-49(33-29-45)63(50-34-27-43-13-4-5-15-46(43)39-50)58-24-12-16-44-14-6-7-19-53(44)58/h1-40H. The van der Waals surface area contributed by atoms with E-state index in [1.54, 1.807) is 0 Å². The van der Waals surface area contributed by atoms with Crippen molar-refractivity contribution in [3.05, 3.63) is 248 Å². The maximum atomic E-state index is 9.77. The summed E-state index contributed by atoms with van der Waals surface area (Å²) in [6.45, 7) is 0. The first kappa shape index (κ1) is 37.8. The van der Waals surface area contributed by atoms with Crippen molar-refractivity contribution < 1.29 is 0 Å². The highest BCUT2D eigenvalue weighted by molar-refractivity contribution is 6.12. The molecular formula is C61H40N4. The van der Waals surface area contributed by atoms with Gasteiger partial charge in [0, 0.05) is 50.0 Å². The number of hydrogen-bond acceptors (Lipinski definition) is 3. The Morgan fingerprint density at radius 1 is 0.338 bits per heavy atom. The fourth-order valence-corrected chi connectivity index (χ4v) is 9.73. The molecule has 0 aliphatic carbocycles. The number of nitrogens with zero attached hydrogens (tertiary/aromatic N) is 4. The second-order valence-electron chi connectivity index (χ2n) is 16.5. The van der Waals surface area contributed by atoms with Gasteiger partial charge in [0.15, 0.2) is 0 Å². The van der Waals surface area contributed by atoms with Gasteiger partial charge in [-0.05, 0) is 130 Å². The number of anilines is 6. The zero-order valence-corrected chi connectivity index (χ0v) is 35.4. The zero-order chi connectivity index (χ0) is 43.3. The third-order valence-electron chi connectivity index (χ3n) is 12.8. The molecule has 0 radical (unpaired) electrons. The molecule has 0 aliphatic rings. The summed E-state index contributed by atoms with van der Waals surface area (Å²) in [5, 5.41) is 19.2. The number of fused-ring (bicyclic) bond motifs is 6. The number of nitriles is 1. The van der Waals surface area contributed by atoms with Gasteiger partial charge >= 0.3 is 0 Å². The highest BCUT2D eigenvalue weighted by Crippen LogP contribution is 2.45. The fourth-order valence-electron chi connectivity index (χ4n) is 9.73. The van der Waals surface area contributed by atoms with E-state index in [0.717, 1.165) is 72.7 Å². The van der Waals surface area contributed by atoms with Crippen LogP contribution in [0, 0.1) is 11.3 Å². The molecular weight excluding hydrogens is 789 g/mol. The van der Waals surface area contributed by atoms with Gasteiger partial charge in [0.1, 0.15) is 0 Å². The molecule has 1 aromatic heterocycles. The van der Waals surface area contributed by atoms with Gasteiger partial charge in [-0.3, -0.25) is 0 Å². The van der Waals surface area contributed by atoms with Crippen LogP contribution in [-0.2, 0) is 0 Å². The van der Waals surface area contributed by atoms with E-state index in [1.807, 2.05) is 12.1 Å². The van der Waals surface area contributed by atoms with Crippen molar-refractivity contribution in [3.63, 3.8) is 0 Å². The Bertz CT molecular complexity index is 3780. The normalized spacial score (nSPS) is 11.4. The second-order valence-corrected chi connectivity index (χ2v) is 16.5. The molecule has 0 N–H and O–H groups in total. The van der Waals surface area contributed by atoms with Gasteiger partial charge in [0.2, 0.25) is 0 Å². The Labute approximate surface area is 377 Å². The van der Waals surface area contributed by atoms with Gasteiger partial charge in [-0.2, -0.15) is 5.26 Å². The molecule has 0 unspecified atom stereocenters. The fraction of sp³-hybridized carbons (Fsp3) is 0. The monoisotopic (exact) mass is 828 g/mol. The topological polar surface area (TPSA) is 35.2 Å². The summed E-state index contributed by atoms with van der Waals surface area (Å²) in [5.41, 5.74) is 12.7. The van der Waals surface area contributed by atoms with E-state index in [-0.39, 0.29) is 0 Å². The van der Waals surface area contributed by atoms with Crippen LogP contribution in [0.5, 0.6) is 0 Å². The number of para-hydroxylation sites is 2. The van der Waals surface area contributed by atoms with Crippen molar-refractivity contribution >= 4 is 88.2 Å². The quantitative estimate of drug-likeness (QED) is 0.153. The smallest absolute Gasteiger partial charge is 0.0991 e. The Morgan fingerprint density at radius 3 is 1.66 bits per heavy atom. The van der Waals surface area contributed by atoms with Gasteiger partial charge in [0.25, 0.3) is 0 Å². The predicted octanol–water partition coefficient (Wildman–Crippen LogP) is 16.7. The van der Waals surface area contributed by atoms with Crippen molar-refractivity contribution in [2.75, 3.05) is 9.80 Å². The SMILES string of the molecule is N#Cc1ccc(N(c2ccc3c(c2)c2ccccc2n3-c2ccccc2)c2ccc(-c3ccc(N(c4ccc5ccccc5c4)c4cccc5ccccc45)cc3)c3ccccc23)cc1. The summed E-state index contributed by atoms with van der Waals surface area (Å²) >= 11 is 0. The minimum atomic E-state index is 0.623. The highest BCUT2D eigenvalue weighted by atomic mass is 15.1. The van der Waals surface area contributed by atoms with E-state index in [4.69, 9.17) is 0 Å². The molecule has 0 atom stereocenters. The Kier molecular flexibility index (Phi) is 9.18. The number of benzene rings is 11. The first-order valence-corrected chi connectivity index (χ1v) is 22.0. The van der Waals surface area contributed by atoms with Crippen LogP contribution < -0.4 is 9.80 Å². The van der Waals surface area contributed by atoms with Crippen molar-refractivity contribution in [2.45, 2.75) is 0 Å². The molecule has 1 heterocycles. The number of rotatable bonds is 8. The third kappa shape index (κ3) is 6.54. The molecule has 0 saturated heterocycles.